The maximum absolute atomic E-state index is 5.96. The summed E-state index contributed by atoms with van der Waals surface area (Å²) in [5.41, 5.74) is 8.71. The summed E-state index contributed by atoms with van der Waals surface area (Å²) in [6.07, 6.45) is 0. The van der Waals surface area contributed by atoms with Gasteiger partial charge in [-0.2, -0.15) is 0 Å². The first-order valence-corrected chi connectivity index (χ1v) is 7.26. The predicted molar refractivity (Wildman–Crippen MR) is 85.0 cm³/mol. The molecular weight excluding hydrogens is 379 g/mol. The van der Waals surface area contributed by atoms with E-state index in [1.807, 2.05) is 36.4 Å². The van der Waals surface area contributed by atoms with Gasteiger partial charge in [-0.1, -0.05) is 29.8 Å². The van der Waals surface area contributed by atoms with Crippen molar-refractivity contribution in [2.75, 3.05) is 11.1 Å². The highest BCUT2D eigenvalue weighted by Gasteiger charge is 2.07. The molecule has 2 nitrogen and oxygen atoms in total. The van der Waals surface area contributed by atoms with E-state index in [1.165, 1.54) is 0 Å². The van der Waals surface area contributed by atoms with Crippen LogP contribution in [0.25, 0.3) is 0 Å². The molecule has 0 heterocycles. The number of hydrogen-bond donors (Lipinski definition) is 2. The Labute approximate surface area is 128 Å². The maximum atomic E-state index is 5.96. The first-order chi connectivity index (χ1) is 8.58. The monoisotopic (exact) mass is 388 g/mol. The van der Waals surface area contributed by atoms with Gasteiger partial charge >= 0.3 is 0 Å². The Morgan fingerprint density at radius 2 is 1.72 bits per heavy atom. The van der Waals surface area contributed by atoms with Crippen LogP contribution in [0.3, 0.4) is 0 Å². The topological polar surface area (TPSA) is 38.0 Å². The van der Waals surface area contributed by atoms with Gasteiger partial charge < -0.3 is 11.1 Å². The van der Waals surface area contributed by atoms with Crippen molar-refractivity contribution in [3.63, 3.8) is 0 Å². The van der Waals surface area contributed by atoms with Gasteiger partial charge in [-0.15, -0.1) is 0 Å². The molecule has 0 bridgehead atoms. The number of hydrogen-bond acceptors (Lipinski definition) is 2. The fourth-order valence-corrected chi connectivity index (χ4v) is 3.54. The summed E-state index contributed by atoms with van der Waals surface area (Å²) in [7, 11) is 0. The van der Waals surface area contributed by atoms with Crippen LogP contribution in [-0.4, -0.2) is 0 Å². The van der Waals surface area contributed by atoms with Gasteiger partial charge in [0.05, 0.1) is 5.69 Å². The smallest absolute Gasteiger partial charge is 0.0632 e. The SMILES string of the molecule is Nc1ccccc1CNc1c(Br)cc(Cl)cc1Br. The average molecular weight is 391 g/mol. The predicted octanol–water partition coefficient (Wildman–Crippen LogP) is 5.06. The van der Waals surface area contributed by atoms with E-state index in [-0.39, 0.29) is 0 Å². The summed E-state index contributed by atoms with van der Waals surface area (Å²) >= 11 is 12.9. The average Bonchev–Trinajstić information content (AvgIpc) is 2.30. The van der Waals surface area contributed by atoms with E-state index in [2.05, 4.69) is 37.2 Å². The molecule has 2 aromatic rings. The lowest BCUT2D eigenvalue weighted by Crippen LogP contribution is -2.03. The van der Waals surface area contributed by atoms with Crippen LogP contribution in [0.5, 0.6) is 0 Å². The van der Waals surface area contributed by atoms with Crippen molar-refractivity contribution in [3.05, 3.63) is 55.9 Å². The number of halogens is 3. The highest BCUT2D eigenvalue weighted by atomic mass is 79.9. The van der Waals surface area contributed by atoms with Crippen molar-refractivity contribution in [2.45, 2.75) is 6.54 Å². The Morgan fingerprint density at radius 3 is 2.33 bits per heavy atom. The second kappa shape index (κ2) is 5.95. The number of benzene rings is 2. The highest BCUT2D eigenvalue weighted by Crippen LogP contribution is 2.34. The molecule has 0 aliphatic heterocycles. The zero-order valence-corrected chi connectivity index (χ0v) is 13.3. The molecule has 0 spiro atoms. The maximum Gasteiger partial charge on any atom is 0.0632 e. The van der Waals surface area contributed by atoms with Gasteiger partial charge in [-0.25, -0.2) is 0 Å². The molecule has 2 aromatic carbocycles. The van der Waals surface area contributed by atoms with Gasteiger partial charge in [0.25, 0.3) is 0 Å². The lowest BCUT2D eigenvalue weighted by molar-refractivity contribution is 1.15. The minimum absolute atomic E-state index is 0.658. The van der Waals surface area contributed by atoms with Crippen molar-refractivity contribution in [1.29, 1.82) is 0 Å². The van der Waals surface area contributed by atoms with E-state index in [0.717, 1.165) is 25.9 Å². The van der Waals surface area contributed by atoms with Crippen LogP contribution in [0, 0.1) is 0 Å². The lowest BCUT2D eigenvalue weighted by Gasteiger charge is -2.12. The summed E-state index contributed by atoms with van der Waals surface area (Å²) in [6, 6.07) is 11.5. The van der Waals surface area contributed by atoms with E-state index in [4.69, 9.17) is 17.3 Å². The molecular formula is C13H11Br2ClN2. The third-order valence-electron chi connectivity index (χ3n) is 2.52. The van der Waals surface area contributed by atoms with Crippen LogP contribution in [0.15, 0.2) is 45.3 Å². The van der Waals surface area contributed by atoms with Crippen LogP contribution >= 0.6 is 43.5 Å². The Morgan fingerprint density at radius 1 is 1.11 bits per heavy atom. The van der Waals surface area contributed by atoms with Gasteiger partial charge in [-0.3, -0.25) is 0 Å². The second-order valence-corrected chi connectivity index (χ2v) is 5.94. The molecule has 5 heteroatoms. The van der Waals surface area contributed by atoms with E-state index in [9.17, 15) is 0 Å². The van der Waals surface area contributed by atoms with Crippen molar-refractivity contribution in [2.24, 2.45) is 0 Å². The largest absolute Gasteiger partial charge is 0.398 e. The number of rotatable bonds is 3. The Hall–Kier alpha value is -0.710. The Kier molecular flexibility index (Phi) is 4.54. The molecule has 0 atom stereocenters. The first-order valence-electron chi connectivity index (χ1n) is 5.29. The van der Waals surface area contributed by atoms with Crippen molar-refractivity contribution < 1.29 is 0 Å². The third-order valence-corrected chi connectivity index (χ3v) is 3.99. The van der Waals surface area contributed by atoms with E-state index in [0.29, 0.717) is 11.6 Å². The fraction of sp³-hybridized carbons (Fsp3) is 0.0769. The minimum Gasteiger partial charge on any atom is -0.398 e. The molecule has 0 radical (unpaired) electrons. The molecule has 0 saturated heterocycles. The van der Waals surface area contributed by atoms with Crippen LogP contribution in [0.2, 0.25) is 5.02 Å². The van der Waals surface area contributed by atoms with Crippen molar-refractivity contribution in [1.82, 2.24) is 0 Å². The Balaban J connectivity index is 2.19. The second-order valence-electron chi connectivity index (χ2n) is 3.80. The number of nitrogen functional groups attached to an aromatic ring is 1. The van der Waals surface area contributed by atoms with Crippen LogP contribution in [0.4, 0.5) is 11.4 Å². The third kappa shape index (κ3) is 3.19. The van der Waals surface area contributed by atoms with Crippen LogP contribution < -0.4 is 11.1 Å². The first kappa shape index (κ1) is 13.7. The Bertz CT molecular complexity index is 550. The van der Waals surface area contributed by atoms with E-state index in [1.54, 1.807) is 0 Å². The fourth-order valence-electron chi connectivity index (χ4n) is 1.59. The highest BCUT2D eigenvalue weighted by molar-refractivity contribution is 9.11. The van der Waals surface area contributed by atoms with Crippen molar-refractivity contribution in [3.8, 4) is 0 Å². The van der Waals surface area contributed by atoms with Crippen molar-refractivity contribution >= 4 is 54.8 Å². The zero-order chi connectivity index (χ0) is 13.1. The normalized spacial score (nSPS) is 10.4. The summed E-state index contributed by atoms with van der Waals surface area (Å²) < 4.78 is 1.83. The molecule has 0 unspecified atom stereocenters. The van der Waals surface area contributed by atoms with Gasteiger partial charge in [0.15, 0.2) is 0 Å². The molecule has 94 valence electrons. The number of nitrogens with one attached hydrogen (secondary N) is 1. The molecule has 0 fully saturated rings. The molecule has 2 rings (SSSR count). The summed E-state index contributed by atoms with van der Waals surface area (Å²) in [6.45, 7) is 0.658. The van der Waals surface area contributed by atoms with Gasteiger partial charge in [0, 0.05) is 26.2 Å². The van der Waals surface area contributed by atoms with Crippen LogP contribution in [-0.2, 0) is 6.54 Å². The molecule has 3 N–H and O–H groups in total. The van der Waals surface area contributed by atoms with Gasteiger partial charge in [-0.05, 0) is 55.6 Å². The minimum atomic E-state index is 0.658. The molecule has 0 aliphatic rings. The number of nitrogens with two attached hydrogens (primary N) is 1. The standard InChI is InChI=1S/C13H11Br2ClN2/c14-10-5-9(16)6-11(15)13(10)18-7-8-3-1-2-4-12(8)17/h1-6,18H,7,17H2. The van der Waals surface area contributed by atoms with Crippen LogP contribution in [0.1, 0.15) is 5.56 Å². The summed E-state index contributed by atoms with van der Waals surface area (Å²) in [5.74, 6) is 0. The lowest BCUT2D eigenvalue weighted by atomic mass is 10.2. The number of anilines is 2. The van der Waals surface area contributed by atoms with E-state index < -0.39 is 0 Å². The van der Waals surface area contributed by atoms with E-state index >= 15 is 0 Å². The molecule has 0 aliphatic carbocycles. The molecule has 0 amide bonds. The van der Waals surface area contributed by atoms with Gasteiger partial charge in [0.2, 0.25) is 0 Å². The molecule has 18 heavy (non-hydrogen) atoms. The number of para-hydroxylation sites is 1. The molecule has 0 aromatic heterocycles. The summed E-state index contributed by atoms with van der Waals surface area (Å²) in [4.78, 5) is 0. The zero-order valence-electron chi connectivity index (χ0n) is 9.38. The van der Waals surface area contributed by atoms with Gasteiger partial charge in [0.1, 0.15) is 0 Å². The molecule has 0 saturated carbocycles. The summed E-state index contributed by atoms with van der Waals surface area (Å²) in [5, 5.41) is 4.01. The quantitative estimate of drug-likeness (QED) is 0.719.